The Labute approximate surface area is 69.2 Å². The molecular formula is C8H8O4. The Bertz CT molecular complexity index is 287. The number of rotatable bonds is 1. The number of carbonyl (C=O) groups excluding carboxylic acids is 3. The summed E-state index contributed by atoms with van der Waals surface area (Å²) in [6.07, 6.45) is 1.15. The Morgan fingerprint density at radius 1 is 1.50 bits per heavy atom. The second-order valence-electron chi connectivity index (χ2n) is 2.68. The molecule has 1 unspecified atom stereocenters. The van der Waals surface area contributed by atoms with Crippen LogP contribution in [0.3, 0.4) is 0 Å². The summed E-state index contributed by atoms with van der Waals surface area (Å²) in [5, 5.41) is 0. The zero-order valence-corrected chi connectivity index (χ0v) is 6.79. The molecule has 0 spiro atoms. The number of cyclic esters (lactones) is 1. The highest BCUT2D eigenvalue weighted by Gasteiger charge is 2.34. The maximum atomic E-state index is 11.0. The molecule has 0 aromatic heterocycles. The van der Waals surface area contributed by atoms with E-state index in [1.165, 1.54) is 6.92 Å². The number of carbonyl (C=O) groups is 3. The highest BCUT2D eigenvalue weighted by atomic mass is 16.5. The van der Waals surface area contributed by atoms with Crippen LogP contribution in [0.1, 0.15) is 13.8 Å². The van der Waals surface area contributed by atoms with Gasteiger partial charge in [-0.2, -0.15) is 0 Å². The molecule has 1 atom stereocenters. The molecule has 0 amide bonds. The van der Waals surface area contributed by atoms with Gasteiger partial charge in [-0.3, -0.25) is 9.59 Å². The Morgan fingerprint density at radius 2 is 2.08 bits per heavy atom. The Kier molecular flexibility index (Phi) is 2.08. The molecule has 1 aliphatic heterocycles. The van der Waals surface area contributed by atoms with Crippen LogP contribution < -0.4 is 0 Å². The van der Waals surface area contributed by atoms with Gasteiger partial charge in [-0.1, -0.05) is 0 Å². The van der Waals surface area contributed by atoms with E-state index >= 15 is 0 Å². The number of Topliss-reactive ketones (excluding diaryl/α,β-unsaturated/α-hetero) is 2. The number of hydrogen-bond acceptors (Lipinski definition) is 4. The average molecular weight is 168 g/mol. The van der Waals surface area contributed by atoms with Crippen LogP contribution in [0, 0.1) is 5.92 Å². The summed E-state index contributed by atoms with van der Waals surface area (Å²) in [4.78, 5) is 32.6. The first-order chi connectivity index (χ1) is 5.54. The van der Waals surface area contributed by atoms with Gasteiger partial charge >= 0.3 is 5.97 Å². The fourth-order valence-corrected chi connectivity index (χ4v) is 1.10. The average Bonchev–Trinajstić information content (AvgIpc) is 1.97. The van der Waals surface area contributed by atoms with E-state index in [4.69, 9.17) is 0 Å². The van der Waals surface area contributed by atoms with Gasteiger partial charge < -0.3 is 4.74 Å². The van der Waals surface area contributed by atoms with Gasteiger partial charge in [-0.05, 0) is 19.4 Å². The lowest BCUT2D eigenvalue weighted by Crippen LogP contribution is -2.33. The summed E-state index contributed by atoms with van der Waals surface area (Å²) in [5.74, 6) is -2.99. The molecule has 4 heteroatoms. The lowest BCUT2D eigenvalue weighted by Gasteiger charge is -2.15. The van der Waals surface area contributed by atoms with Gasteiger partial charge in [0.15, 0.2) is 0 Å². The molecule has 0 saturated heterocycles. The normalized spacial score (nSPS) is 23.2. The summed E-state index contributed by atoms with van der Waals surface area (Å²) < 4.78 is 4.38. The first-order valence-electron chi connectivity index (χ1n) is 3.46. The van der Waals surface area contributed by atoms with Crippen LogP contribution >= 0.6 is 0 Å². The fraction of sp³-hybridized carbons (Fsp3) is 0.375. The smallest absolute Gasteiger partial charge is 0.380 e. The lowest BCUT2D eigenvalue weighted by atomic mass is 9.91. The van der Waals surface area contributed by atoms with Crippen molar-refractivity contribution in [2.45, 2.75) is 13.8 Å². The Hall–Kier alpha value is -1.45. The third-order valence-electron chi connectivity index (χ3n) is 1.68. The van der Waals surface area contributed by atoms with Crippen molar-refractivity contribution in [3.63, 3.8) is 0 Å². The summed E-state index contributed by atoms with van der Waals surface area (Å²) >= 11 is 0. The molecule has 0 N–H and O–H groups in total. The van der Waals surface area contributed by atoms with E-state index in [1.54, 1.807) is 6.92 Å². The summed E-state index contributed by atoms with van der Waals surface area (Å²) in [6, 6.07) is 0. The quantitative estimate of drug-likeness (QED) is 0.319. The van der Waals surface area contributed by atoms with Crippen molar-refractivity contribution in [1.29, 1.82) is 0 Å². The Balaban J connectivity index is 3.03. The SMILES string of the molecule is CC(=O)C1C(=O)C(=O)OC=C1C. The molecule has 0 aromatic rings. The van der Waals surface area contributed by atoms with E-state index < -0.39 is 17.7 Å². The van der Waals surface area contributed by atoms with Gasteiger partial charge in [-0.15, -0.1) is 0 Å². The van der Waals surface area contributed by atoms with Crippen molar-refractivity contribution in [1.82, 2.24) is 0 Å². The highest BCUT2D eigenvalue weighted by molar-refractivity contribution is 6.39. The van der Waals surface area contributed by atoms with Crippen molar-refractivity contribution in [2.24, 2.45) is 5.92 Å². The van der Waals surface area contributed by atoms with E-state index in [0.29, 0.717) is 5.57 Å². The minimum absolute atomic E-state index is 0.328. The van der Waals surface area contributed by atoms with E-state index in [-0.39, 0.29) is 5.78 Å². The number of ketones is 2. The number of ether oxygens (including phenoxy) is 1. The molecule has 0 bridgehead atoms. The summed E-state index contributed by atoms with van der Waals surface area (Å²) in [5.41, 5.74) is 0.479. The predicted octanol–water partition coefficient (Wildman–Crippen LogP) is 0.221. The molecule has 4 nitrogen and oxygen atoms in total. The first kappa shape index (κ1) is 8.64. The van der Waals surface area contributed by atoms with Gasteiger partial charge in [0.05, 0.1) is 6.26 Å². The van der Waals surface area contributed by atoms with Gasteiger partial charge in [0.2, 0.25) is 0 Å². The second kappa shape index (κ2) is 2.89. The third-order valence-corrected chi connectivity index (χ3v) is 1.68. The summed E-state index contributed by atoms with van der Waals surface area (Å²) in [6.45, 7) is 2.86. The first-order valence-corrected chi connectivity index (χ1v) is 3.46. The molecule has 0 aliphatic carbocycles. The monoisotopic (exact) mass is 168 g/mol. The molecule has 0 saturated carbocycles. The molecule has 64 valence electrons. The molecule has 0 aromatic carbocycles. The second-order valence-corrected chi connectivity index (χ2v) is 2.68. The van der Waals surface area contributed by atoms with Crippen LogP contribution in [0.5, 0.6) is 0 Å². The minimum atomic E-state index is -0.958. The highest BCUT2D eigenvalue weighted by Crippen LogP contribution is 2.18. The zero-order valence-electron chi connectivity index (χ0n) is 6.79. The van der Waals surface area contributed by atoms with Crippen molar-refractivity contribution >= 4 is 17.5 Å². The van der Waals surface area contributed by atoms with E-state index in [2.05, 4.69) is 4.74 Å². The van der Waals surface area contributed by atoms with Crippen molar-refractivity contribution in [2.75, 3.05) is 0 Å². The lowest BCUT2D eigenvalue weighted by molar-refractivity contribution is -0.154. The van der Waals surface area contributed by atoms with E-state index in [1.807, 2.05) is 0 Å². The molecule has 1 heterocycles. The van der Waals surface area contributed by atoms with Crippen LogP contribution in [0.25, 0.3) is 0 Å². The van der Waals surface area contributed by atoms with E-state index in [9.17, 15) is 14.4 Å². The van der Waals surface area contributed by atoms with Gasteiger partial charge in [-0.25, -0.2) is 4.79 Å². The largest absolute Gasteiger partial charge is 0.429 e. The summed E-state index contributed by atoms with van der Waals surface area (Å²) in [7, 11) is 0. The van der Waals surface area contributed by atoms with Gasteiger partial charge in [0.25, 0.3) is 5.78 Å². The van der Waals surface area contributed by atoms with Crippen molar-refractivity contribution in [3.05, 3.63) is 11.8 Å². The number of hydrogen-bond donors (Lipinski definition) is 0. The van der Waals surface area contributed by atoms with Crippen LogP contribution in [-0.4, -0.2) is 17.5 Å². The molecule has 0 fully saturated rings. The van der Waals surface area contributed by atoms with Crippen LogP contribution in [0.4, 0.5) is 0 Å². The minimum Gasteiger partial charge on any atom is -0.429 e. The van der Waals surface area contributed by atoms with Crippen LogP contribution in [-0.2, 0) is 19.1 Å². The maximum absolute atomic E-state index is 11.0. The maximum Gasteiger partial charge on any atom is 0.380 e. The standard InChI is InChI=1S/C8H8O4/c1-4-3-12-8(11)7(10)6(4)5(2)9/h3,6H,1-2H3. The fourth-order valence-electron chi connectivity index (χ4n) is 1.10. The number of allylic oxidation sites excluding steroid dienone is 1. The molecule has 1 rings (SSSR count). The van der Waals surface area contributed by atoms with Gasteiger partial charge in [0.1, 0.15) is 11.7 Å². The molecule has 12 heavy (non-hydrogen) atoms. The predicted molar refractivity (Wildman–Crippen MR) is 39.0 cm³/mol. The molecule has 0 radical (unpaired) electrons. The van der Waals surface area contributed by atoms with Gasteiger partial charge in [0, 0.05) is 0 Å². The van der Waals surface area contributed by atoms with Crippen LogP contribution in [0.2, 0.25) is 0 Å². The van der Waals surface area contributed by atoms with E-state index in [0.717, 1.165) is 6.26 Å². The molecular weight excluding hydrogens is 160 g/mol. The topological polar surface area (TPSA) is 60.4 Å². The number of esters is 1. The Morgan fingerprint density at radius 3 is 2.50 bits per heavy atom. The van der Waals surface area contributed by atoms with Crippen LogP contribution in [0.15, 0.2) is 11.8 Å². The van der Waals surface area contributed by atoms with Crippen molar-refractivity contribution < 1.29 is 19.1 Å². The third kappa shape index (κ3) is 1.28. The van der Waals surface area contributed by atoms with Crippen molar-refractivity contribution in [3.8, 4) is 0 Å². The zero-order chi connectivity index (χ0) is 9.30. The molecule has 1 aliphatic rings.